The number of hydrogen-bond donors (Lipinski definition) is 0. The van der Waals surface area contributed by atoms with Crippen molar-refractivity contribution in [3.63, 3.8) is 0 Å². The van der Waals surface area contributed by atoms with E-state index in [2.05, 4.69) is 24.0 Å². The topological polar surface area (TPSA) is 51.7 Å². The minimum Gasteiger partial charge on any atom is -0.493 e. The van der Waals surface area contributed by atoms with E-state index < -0.39 is 0 Å². The lowest BCUT2D eigenvalue weighted by molar-refractivity contribution is 0.0696. The molecule has 2 heterocycles. The van der Waals surface area contributed by atoms with Gasteiger partial charge < -0.3 is 14.4 Å². The number of ether oxygens (including phenoxy) is 2. The van der Waals surface area contributed by atoms with Gasteiger partial charge in [0, 0.05) is 21.4 Å². The molecule has 1 aromatic carbocycles. The number of aryl methyl sites for hydroxylation is 2. The van der Waals surface area contributed by atoms with Crippen molar-refractivity contribution in [2.24, 2.45) is 0 Å². The average Bonchev–Trinajstić information content (AvgIpc) is 3.30. The van der Waals surface area contributed by atoms with Crippen molar-refractivity contribution < 1.29 is 14.3 Å². The highest BCUT2D eigenvalue weighted by Crippen LogP contribution is 2.35. The summed E-state index contributed by atoms with van der Waals surface area (Å²) in [4.78, 5) is 23.0. The van der Waals surface area contributed by atoms with Crippen LogP contribution in [0.5, 0.6) is 11.5 Å². The van der Waals surface area contributed by atoms with E-state index in [4.69, 9.17) is 9.47 Å². The van der Waals surface area contributed by atoms with Crippen LogP contribution in [0.1, 0.15) is 39.0 Å². The Hall–Kier alpha value is -2.38. The minimum absolute atomic E-state index is 0.0211. The number of thiazole rings is 1. The van der Waals surface area contributed by atoms with Gasteiger partial charge in [-0.05, 0) is 58.0 Å². The van der Waals surface area contributed by atoms with Crippen LogP contribution in [-0.4, -0.2) is 36.1 Å². The first kappa shape index (κ1) is 21.3. The predicted molar refractivity (Wildman–Crippen MR) is 119 cm³/mol. The van der Waals surface area contributed by atoms with Gasteiger partial charge in [0.05, 0.1) is 26.5 Å². The monoisotopic (exact) mass is 430 g/mol. The molecule has 0 aliphatic heterocycles. The molecule has 0 fully saturated rings. The fourth-order valence-corrected chi connectivity index (χ4v) is 4.95. The molecule has 154 valence electrons. The van der Waals surface area contributed by atoms with Crippen molar-refractivity contribution in [3.8, 4) is 22.1 Å². The number of carbonyl (C=O) groups is 1. The number of aromatic nitrogens is 1. The maximum absolute atomic E-state index is 13.3. The number of methoxy groups -OCH3 is 2. The molecule has 0 saturated carbocycles. The number of benzene rings is 1. The molecule has 3 rings (SSSR count). The quantitative estimate of drug-likeness (QED) is 0.493. The second-order valence-electron chi connectivity index (χ2n) is 7.04. The molecule has 0 aliphatic rings. The Morgan fingerprint density at radius 1 is 1.07 bits per heavy atom. The van der Waals surface area contributed by atoms with Crippen molar-refractivity contribution >= 4 is 28.6 Å². The maximum Gasteiger partial charge on any atom is 0.266 e. The Kier molecular flexibility index (Phi) is 6.59. The van der Waals surface area contributed by atoms with Crippen LogP contribution in [0.4, 0.5) is 0 Å². The molecule has 0 bridgehead atoms. The number of amides is 1. The van der Waals surface area contributed by atoms with Crippen LogP contribution in [0, 0.1) is 13.8 Å². The first-order valence-electron chi connectivity index (χ1n) is 9.40. The van der Waals surface area contributed by atoms with Gasteiger partial charge in [0.25, 0.3) is 5.91 Å². The number of carbonyl (C=O) groups excluding carboxylic acids is 1. The second kappa shape index (κ2) is 8.97. The first-order valence-corrected chi connectivity index (χ1v) is 11.0. The number of thiophene rings is 1. The summed E-state index contributed by atoms with van der Waals surface area (Å²) in [7, 11) is 3.22. The largest absolute Gasteiger partial charge is 0.493 e. The van der Waals surface area contributed by atoms with Crippen molar-refractivity contribution in [2.75, 3.05) is 14.2 Å². The van der Waals surface area contributed by atoms with Crippen LogP contribution in [0.15, 0.2) is 30.3 Å². The first-order chi connectivity index (χ1) is 13.8. The molecule has 0 radical (unpaired) electrons. The van der Waals surface area contributed by atoms with E-state index in [-0.39, 0.29) is 11.9 Å². The summed E-state index contributed by atoms with van der Waals surface area (Å²) in [5, 5.41) is 0.794. The van der Waals surface area contributed by atoms with Gasteiger partial charge in [-0.1, -0.05) is 0 Å². The molecule has 29 heavy (non-hydrogen) atoms. The average molecular weight is 431 g/mol. The summed E-state index contributed by atoms with van der Waals surface area (Å²) in [5.41, 5.74) is 1.65. The van der Waals surface area contributed by atoms with Gasteiger partial charge in [-0.2, -0.15) is 0 Å². The molecule has 0 saturated heterocycles. The van der Waals surface area contributed by atoms with E-state index >= 15 is 0 Å². The zero-order chi connectivity index (χ0) is 21.1. The van der Waals surface area contributed by atoms with E-state index in [1.165, 1.54) is 21.1 Å². The van der Waals surface area contributed by atoms with E-state index in [9.17, 15) is 4.79 Å². The summed E-state index contributed by atoms with van der Waals surface area (Å²) in [6.07, 6.45) is 0. The van der Waals surface area contributed by atoms with Crippen LogP contribution in [0.25, 0.3) is 10.6 Å². The molecule has 0 unspecified atom stereocenters. The standard InChI is InChI=1S/C22H26N2O3S2/c1-13(2)24(12-17-9-7-14(3)28-17)22(25)20-15(4)23-21(29-20)16-8-10-18(26-5)19(11-16)27-6/h7-11,13H,12H2,1-6H3. The molecule has 7 heteroatoms. The van der Waals surface area contributed by atoms with Crippen molar-refractivity contribution in [1.82, 2.24) is 9.88 Å². The van der Waals surface area contributed by atoms with Gasteiger partial charge in [-0.3, -0.25) is 4.79 Å². The lowest BCUT2D eigenvalue weighted by Gasteiger charge is -2.26. The summed E-state index contributed by atoms with van der Waals surface area (Å²) in [6, 6.07) is 9.96. The zero-order valence-corrected chi connectivity index (χ0v) is 19.2. The van der Waals surface area contributed by atoms with Crippen LogP contribution in [0.3, 0.4) is 0 Å². The van der Waals surface area contributed by atoms with Gasteiger partial charge in [-0.15, -0.1) is 22.7 Å². The van der Waals surface area contributed by atoms with Crippen molar-refractivity contribution in [1.29, 1.82) is 0 Å². The number of hydrogen-bond acceptors (Lipinski definition) is 6. The minimum atomic E-state index is 0.0211. The smallest absolute Gasteiger partial charge is 0.266 e. The fourth-order valence-electron chi connectivity index (χ4n) is 3.04. The lowest BCUT2D eigenvalue weighted by Crippen LogP contribution is -2.36. The second-order valence-corrected chi connectivity index (χ2v) is 9.41. The summed E-state index contributed by atoms with van der Waals surface area (Å²) in [6.45, 7) is 8.67. The zero-order valence-electron chi connectivity index (χ0n) is 17.6. The Bertz CT molecular complexity index is 1010. The molecule has 5 nitrogen and oxygen atoms in total. The van der Waals surface area contributed by atoms with Gasteiger partial charge in [0.1, 0.15) is 9.88 Å². The van der Waals surface area contributed by atoms with Gasteiger partial charge >= 0.3 is 0 Å². The highest BCUT2D eigenvalue weighted by atomic mass is 32.1. The molecule has 3 aromatic rings. The summed E-state index contributed by atoms with van der Waals surface area (Å²) in [5.74, 6) is 1.33. The molecule has 0 N–H and O–H groups in total. The van der Waals surface area contributed by atoms with Gasteiger partial charge in [0.15, 0.2) is 11.5 Å². The third-order valence-electron chi connectivity index (χ3n) is 4.63. The Morgan fingerprint density at radius 2 is 1.79 bits per heavy atom. The Labute approximate surface area is 179 Å². The maximum atomic E-state index is 13.3. The molecule has 0 atom stereocenters. The molecule has 1 amide bonds. The fraction of sp³-hybridized carbons (Fsp3) is 0.364. The van der Waals surface area contributed by atoms with E-state index in [1.54, 1.807) is 25.6 Å². The molecule has 2 aromatic heterocycles. The SMILES string of the molecule is COc1ccc(-c2nc(C)c(C(=O)N(Cc3ccc(C)s3)C(C)C)s2)cc1OC. The molecule has 0 spiro atoms. The van der Waals surface area contributed by atoms with E-state index in [1.807, 2.05) is 43.9 Å². The predicted octanol–water partition coefficient (Wildman–Crippen LogP) is 5.56. The van der Waals surface area contributed by atoms with Crippen LogP contribution < -0.4 is 9.47 Å². The molecule has 0 aliphatic carbocycles. The third-order valence-corrected chi connectivity index (χ3v) is 6.81. The van der Waals surface area contributed by atoms with Crippen molar-refractivity contribution in [3.05, 3.63) is 50.7 Å². The lowest BCUT2D eigenvalue weighted by atomic mass is 10.2. The Morgan fingerprint density at radius 3 is 2.38 bits per heavy atom. The van der Waals surface area contributed by atoms with Crippen LogP contribution in [-0.2, 0) is 6.54 Å². The number of rotatable bonds is 7. The van der Waals surface area contributed by atoms with Crippen LogP contribution >= 0.6 is 22.7 Å². The van der Waals surface area contributed by atoms with Crippen molar-refractivity contribution in [2.45, 2.75) is 40.3 Å². The van der Waals surface area contributed by atoms with Gasteiger partial charge in [-0.25, -0.2) is 4.98 Å². The molecular formula is C22H26N2O3S2. The highest BCUT2D eigenvalue weighted by Gasteiger charge is 2.25. The third kappa shape index (κ3) is 4.62. The van der Waals surface area contributed by atoms with E-state index in [0.717, 1.165) is 16.3 Å². The number of nitrogens with zero attached hydrogens (tertiary/aromatic N) is 2. The summed E-state index contributed by atoms with van der Waals surface area (Å²) >= 11 is 3.15. The summed E-state index contributed by atoms with van der Waals surface area (Å²) < 4.78 is 10.7. The van der Waals surface area contributed by atoms with Crippen LogP contribution in [0.2, 0.25) is 0 Å². The normalized spacial score (nSPS) is 11.0. The van der Waals surface area contributed by atoms with E-state index in [0.29, 0.717) is 22.9 Å². The Balaban J connectivity index is 1.91. The van der Waals surface area contributed by atoms with Gasteiger partial charge in [0.2, 0.25) is 0 Å². The highest BCUT2D eigenvalue weighted by molar-refractivity contribution is 7.17. The molecular weight excluding hydrogens is 404 g/mol.